The van der Waals surface area contributed by atoms with Crippen LogP contribution in [0, 0.1) is 6.92 Å². The lowest BCUT2D eigenvalue weighted by Crippen LogP contribution is -2.59. The third-order valence-electron chi connectivity index (χ3n) is 4.36. The molecule has 1 amide bonds. The topological polar surface area (TPSA) is 46.3 Å². The standard InChI is InChI=1S/C16H22N2O/c1-12-4-2-5-13(10-12)11-18(14-6-7-14)15(19)16(17)8-3-9-16/h2,4-5,10,14H,3,6-9,11,17H2,1H3. The Bertz CT molecular complexity index is 489. The molecule has 0 bridgehead atoms. The van der Waals surface area contributed by atoms with Gasteiger partial charge in [0.15, 0.2) is 0 Å². The Balaban J connectivity index is 1.76. The van der Waals surface area contributed by atoms with Gasteiger partial charge in [-0.1, -0.05) is 29.8 Å². The third-order valence-corrected chi connectivity index (χ3v) is 4.36. The second-order valence-electron chi connectivity index (χ2n) is 6.16. The zero-order valence-electron chi connectivity index (χ0n) is 11.6. The van der Waals surface area contributed by atoms with E-state index >= 15 is 0 Å². The van der Waals surface area contributed by atoms with Crippen molar-refractivity contribution in [2.24, 2.45) is 5.73 Å². The van der Waals surface area contributed by atoms with E-state index in [0.29, 0.717) is 12.6 Å². The lowest BCUT2D eigenvalue weighted by Gasteiger charge is -2.40. The Hall–Kier alpha value is -1.35. The first-order chi connectivity index (χ1) is 9.08. The van der Waals surface area contributed by atoms with Crippen LogP contribution in [0.25, 0.3) is 0 Å². The monoisotopic (exact) mass is 258 g/mol. The molecule has 2 aliphatic rings. The SMILES string of the molecule is Cc1cccc(CN(C(=O)C2(N)CCC2)C2CC2)c1. The molecule has 3 rings (SSSR count). The van der Waals surface area contributed by atoms with Crippen LogP contribution in [-0.2, 0) is 11.3 Å². The van der Waals surface area contributed by atoms with Crippen molar-refractivity contribution in [3.05, 3.63) is 35.4 Å². The molecule has 1 aromatic carbocycles. The first-order valence-corrected chi connectivity index (χ1v) is 7.24. The van der Waals surface area contributed by atoms with Crippen LogP contribution in [0.3, 0.4) is 0 Å². The van der Waals surface area contributed by atoms with Crippen molar-refractivity contribution in [1.82, 2.24) is 4.90 Å². The van der Waals surface area contributed by atoms with Gasteiger partial charge >= 0.3 is 0 Å². The fourth-order valence-corrected chi connectivity index (χ4v) is 2.82. The number of amides is 1. The fraction of sp³-hybridized carbons (Fsp3) is 0.562. The molecule has 102 valence electrons. The van der Waals surface area contributed by atoms with E-state index in [1.807, 2.05) is 4.90 Å². The van der Waals surface area contributed by atoms with Crippen molar-refractivity contribution in [3.8, 4) is 0 Å². The van der Waals surface area contributed by atoms with Crippen molar-refractivity contribution >= 4 is 5.91 Å². The van der Waals surface area contributed by atoms with Crippen LogP contribution < -0.4 is 5.73 Å². The summed E-state index contributed by atoms with van der Waals surface area (Å²) in [5.41, 5.74) is 8.10. The number of aryl methyl sites for hydroxylation is 1. The van der Waals surface area contributed by atoms with Crippen LogP contribution in [0.4, 0.5) is 0 Å². The first kappa shape index (κ1) is 12.7. The summed E-state index contributed by atoms with van der Waals surface area (Å²) in [4.78, 5) is 14.6. The van der Waals surface area contributed by atoms with Gasteiger partial charge in [0.05, 0.1) is 5.54 Å². The maximum atomic E-state index is 12.6. The Labute approximate surface area is 114 Å². The second-order valence-corrected chi connectivity index (χ2v) is 6.16. The van der Waals surface area contributed by atoms with Crippen LogP contribution in [0.15, 0.2) is 24.3 Å². The number of rotatable bonds is 4. The van der Waals surface area contributed by atoms with Crippen LogP contribution in [0.1, 0.15) is 43.2 Å². The summed E-state index contributed by atoms with van der Waals surface area (Å²) in [5.74, 6) is 0.169. The smallest absolute Gasteiger partial charge is 0.243 e. The van der Waals surface area contributed by atoms with E-state index in [4.69, 9.17) is 5.73 Å². The molecule has 0 unspecified atom stereocenters. The molecule has 0 saturated heterocycles. The highest BCUT2D eigenvalue weighted by Gasteiger charge is 2.46. The average Bonchev–Trinajstić information content (AvgIpc) is 3.16. The van der Waals surface area contributed by atoms with Gasteiger partial charge in [-0.05, 0) is 44.6 Å². The largest absolute Gasteiger partial charge is 0.334 e. The number of carbonyl (C=O) groups excluding carboxylic acids is 1. The number of nitrogens with two attached hydrogens (primary N) is 1. The van der Waals surface area contributed by atoms with Crippen LogP contribution in [0.2, 0.25) is 0 Å². The van der Waals surface area contributed by atoms with Crippen LogP contribution in [0.5, 0.6) is 0 Å². The molecule has 2 saturated carbocycles. The Morgan fingerprint density at radius 2 is 2.16 bits per heavy atom. The zero-order valence-corrected chi connectivity index (χ0v) is 11.6. The van der Waals surface area contributed by atoms with Crippen molar-refractivity contribution < 1.29 is 4.79 Å². The van der Waals surface area contributed by atoms with Gasteiger partial charge in [-0.15, -0.1) is 0 Å². The van der Waals surface area contributed by atoms with E-state index in [1.54, 1.807) is 0 Å². The lowest BCUT2D eigenvalue weighted by molar-refractivity contribution is -0.141. The number of hydrogen-bond donors (Lipinski definition) is 1. The molecule has 0 aromatic heterocycles. The number of carbonyl (C=O) groups is 1. The molecule has 0 aliphatic heterocycles. The molecule has 2 fully saturated rings. The lowest BCUT2D eigenvalue weighted by atomic mass is 9.76. The van der Waals surface area contributed by atoms with Crippen molar-refractivity contribution in [1.29, 1.82) is 0 Å². The maximum absolute atomic E-state index is 12.6. The summed E-state index contributed by atoms with van der Waals surface area (Å²) in [6.07, 6.45) is 5.05. The second kappa shape index (κ2) is 4.64. The van der Waals surface area contributed by atoms with Gasteiger partial charge in [-0.2, -0.15) is 0 Å². The zero-order chi connectivity index (χ0) is 13.5. The summed E-state index contributed by atoms with van der Waals surface area (Å²) in [6.45, 7) is 2.80. The predicted molar refractivity (Wildman–Crippen MR) is 75.5 cm³/mol. The average molecular weight is 258 g/mol. The summed E-state index contributed by atoms with van der Waals surface area (Å²) in [7, 11) is 0. The Kier molecular flexibility index (Phi) is 3.09. The van der Waals surface area contributed by atoms with Crippen LogP contribution in [-0.4, -0.2) is 22.4 Å². The predicted octanol–water partition coefficient (Wildman–Crippen LogP) is 2.37. The molecule has 0 atom stereocenters. The van der Waals surface area contributed by atoms with Gasteiger partial charge in [0.2, 0.25) is 5.91 Å². The van der Waals surface area contributed by atoms with Gasteiger partial charge < -0.3 is 10.6 Å². The van der Waals surface area contributed by atoms with E-state index < -0.39 is 5.54 Å². The van der Waals surface area contributed by atoms with Crippen LogP contribution >= 0.6 is 0 Å². The molecule has 1 aromatic rings. The summed E-state index contributed by atoms with van der Waals surface area (Å²) >= 11 is 0. The maximum Gasteiger partial charge on any atom is 0.243 e. The van der Waals surface area contributed by atoms with Crippen molar-refractivity contribution in [3.63, 3.8) is 0 Å². The van der Waals surface area contributed by atoms with Gasteiger partial charge in [-0.25, -0.2) is 0 Å². The number of benzene rings is 1. The first-order valence-electron chi connectivity index (χ1n) is 7.24. The van der Waals surface area contributed by atoms with E-state index in [-0.39, 0.29) is 5.91 Å². The minimum absolute atomic E-state index is 0.169. The Morgan fingerprint density at radius 1 is 1.42 bits per heavy atom. The van der Waals surface area contributed by atoms with Gasteiger partial charge in [0, 0.05) is 12.6 Å². The molecule has 3 heteroatoms. The quantitative estimate of drug-likeness (QED) is 0.901. The highest BCUT2D eigenvalue weighted by atomic mass is 16.2. The normalized spacial score (nSPS) is 20.7. The summed E-state index contributed by atoms with van der Waals surface area (Å²) < 4.78 is 0. The molecular weight excluding hydrogens is 236 g/mol. The van der Waals surface area contributed by atoms with Crippen molar-refractivity contribution in [2.45, 2.75) is 57.2 Å². The molecular formula is C16H22N2O. The van der Waals surface area contributed by atoms with Crippen molar-refractivity contribution in [2.75, 3.05) is 0 Å². The highest BCUT2D eigenvalue weighted by molar-refractivity contribution is 5.87. The van der Waals surface area contributed by atoms with E-state index in [9.17, 15) is 4.79 Å². The minimum Gasteiger partial charge on any atom is -0.334 e. The number of hydrogen-bond acceptors (Lipinski definition) is 2. The Morgan fingerprint density at radius 3 is 2.68 bits per heavy atom. The molecule has 19 heavy (non-hydrogen) atoms. The minimum atomic E-state index is -0.563. The van der Waals surface area contributed by atoms with E-state index in [2.05, 4.69) is 31.2 Å². The molecule has 0 radical (unpaired) electrons. The fourth-order valence-electron chi connectivity index (χ4n) is 2.82. The van der Waals surface area contributed by atoms with Gasteiger partial charge in [0.1, 0.15) is 0 Å². The van der Waals surface area contributed by atoms with E-state index in [0.717, 1.165) is 32.1 Å². The molecule has 0 spiro atoms. The van der Waals surface area contributed by atoms with Gasteiger partial charge in [-0.3, -0.25) is 4.79 Å². The van der Waals surface area contributed by atoms with Gasteiger partial charge in [0.25, 0.3) is 0 Å². The summed E-state index contributed by atoms with van der Waals surface area (Å²) in [6, 6.07) is 8.83. The molecule has 0 heterocycles. The summed E-state index contributed by atoms with van der Waals surface area (Å²) in [5, 5.41) is 0. The van der Waals surface area contributed by atoms with E-state index in [1.165, 1.54) is 11.1 Å². The molecule has 3 nitrogen and oxygen atoms in total. The molecule has 2 N–H and O–H groups in total. The highest BCUT2D eigenvalue weighted by Crippen LogP contribution is 2.36. The third kappa shape index (κ3) is 2.52. The number of nitrogens with zero attached hydrogens (tertiary/aromatic N) is 1. The molecule has 2 aliphatic carbocycles.